The first-order valence-electron chi connectivity index (χ1n) is 10.3. The average Bonchev–Trinajstić information content (AvgIpc) is 3.36. The Hall–Kier alpha value is -2.49. The average molecular weight is 501 g/mol. The van der Waals surface area contributed by atoms with Crippen molar-refractivity contribution in [3.63, 3.8) is 0 Å². The summed E-state index contributed by atoms with van der Waals surface area (Å²) < 4.78 is 40.3. The van der Waals surface area contributed by atoms with Crippen LogP contribution in [0, 0.1) is 17.5 Å². The highest BCUT2D eigenvalue weighted by Crippen LogP contribution is 2.32. The zero-order valence-electron chi connectivity index (χ0n) is 17.3. The molecule has 3 atom stereocenters. The van der Waals surface area contributed by atoms with Gasteiger partial charge in [0.25, 0.3) is 0 Å². The van der Waals surface area contributed by atoms with Crippen LogP contribution < -0.4 is 11.1 Å². The van der Waals surface area contributed by atoms with Crippen molar-refractivity contribution < 1.29 is 22.8 Å². The van der Waals surface area contributed by atoms with Gasteiger partial charge in [-0.15, -0.1) is 0 Å². The molecular formula is C22H21Cl2F3N4O2. The van der Waals surface area contributed by atoms with Crippen molar-refractivity contribution in [1.29, 1.82) is 0 Å². The predicted molar refractivity (Wildman–Crippen MR) is 119 cm³/mol. The summed E-state index contributed by atoms with van der Waals surface area (Å²) in [7, 11) is 0. The molecule has 0 aromatic heterocycles. The monoisotopic (exact) mass is 500 g/mol. The van der Waals surface area contributed by atoms with Crippen LogP contribution in [0.3, 0.4) is 0 Å². The van der Waals surface area contributed by atoms with E-state index in [0.717, 1.165) is 6.07 Å². The quantitative estimate of drug-likeness (QED) is 0.604. The summed E-state index contributed by atoms with van der Waals surface area (Å²) in [6, 6.07) is 4.69. The van der Waals surface area contributed by atoms with E-state index < -0.39 is 23.5 Å². The predicted octanol–water partition coefficient (Wildman–Crippen LogP) is 4.19. The van der Waals surface area contributed by atoms with Gasteiger partial charge >= 0.3 is 6.03 Å². The molecule has 6 nitrogen and oxygen atoms in total. The Bertz CT molecular complexity index is 1100. The molecule has 3 amide bonds. The Kier molecular flexibility index (Phi) is 6.74. The van der Waals surface area contributed by atoms with Crippen LogP contribution in [0.1, 0.15) is 18.4 Å². The lowest BCUT2D eigenvalue weighted by Crippen LogP contribution is -2.52. The van der Waals surface area contributed by atoms with Crippen LogP contribution in [0.2, 0.25) is 10.0 Å². The van der Waals surface area contributed by atoms with Crippen LogP contribution in [0.25, 0.3) is 0 Å². The van der Waals surface area contributed by atoms with E-state index in [2.05, 4.69) is 5.32 Å². The number of fused-ring (bicyclic) bond motifs is 2. The topological polar surface area (TPSA) is 78.7 Å². The van der Waals surface area contributed by atoms with Crippen LogP contribution in [0.5, 0.6) is 0 Å². The maximum atomic E-state index is 13.9. The molecule has 2 bridgehead atoms. The molecule has 0 unspecified atom stereocenters. The Morgan fingerprint density at radius 2 is 1.67 bits per heavy atom. The second-order valence-corrected chi connectivity index (χ2v) is 9.14. The molecule has 2 heterocycles. The minimum absolute atomic E-state index is 0.0723. The Balaban J connectivity index is 1.31. The van der Waals surface area contributed by atoms with Crippen molar-refractivity contribution in [2.24, 2.45) is 5.73 Å². The largest absolute Gasteiger partial charge is 0.336 e. The van der Waals surface area contributed by atoms with Crippen molar-refractivity contribution in [3.8, 4) is 0 Å². The molecule has 0 radical (unpaired) electrons. The highest BCUT2D eigenvalue weighted by molar-refractivity contribution is 6.42. The molecule has 2 saturated heterocycles. The summed E-state index contributed by atoms with van der Waals surface area (Å²) in [6.07, 6.45) is 0.472. The maximum Gasteiger partial charge on any atom is 0.322 e. The molecule has 3 N–H and O–H groups in total. The number of hydrogen-bond acceptors (Lipinski definition) is 3. The van der Waals surface area contributed by atoms with Gasteiger partial charge in [0.2, 0.25) is 5.91 Å². The molecule has 0 aliphatic carbocycles. The second kappa shape index (κ2) is 9.40. The van der Waals surface area contributed by atoms with Gasteiger partial charge in [0.1, 0.15) is 5.82 Å². The third-order valence-electron chi connectivity index (χ3n) is 6.00. The third kappa shape index (κ3) is 5.05. The van der Waals surface area contributed by atoms with E-state index in [9.17, 15) is 22.8 Å². The molecule has 33 heavy (non-hydrogen) atoms. The lowest BCUT2D eigenvalue weighted by molar-refractivity contribution is -0.133. The summed E-state index contributed by atoms with van der Waals surface area (Å²) in [5.74, 6) is -3.56. The lowest BCUT2D eigenvalue weighted by Gasteiger charge is -2.34. The standard InChI is InChI=1S/C22H21Cl2F3N4O2/c23-16-2-1-13(6-17(16)24)29-22(33)31-10-14-7-15(31)9-30(14)21(32)5-12(28)3-11-4-19(26)20(27)8-18(11)25/h1-2,4,6,8,12,14-15H,3,5,7,9-10,28H2,(H,29,33)/t12-,14-,15-/m1/s1. The number of nitrogens with one attached hydrogen (secondary N) is 1. The second-order valence-electron chi connectivity index (χ2n) is 8.33. The van der Waals surface area contributed by atoms with E-state index in [0.29, 0.717) is 41.3 Å². The summed E-state index contributed by atoms with van der Waals surface area (Å²) in [4.78, 5) is 28.8. The molecule has 0 spiro atoms. The van der Waals surface area contributed by atoms with Gasteiger partial charge in [-0.1, -0.05) is 23.2 Å². The maximum absolute atomic E-state index is 13.9. The number of carbonyl (C=O) groups excluding carboxylic acids is 2. The van der Waals surface area contributed by atoms with E-state index in [4.69, 9.17) is 28.9 Å². The fourth-order valence-corrected chi connectivity index (χ4v) is 4.70. The minimum atomic E-state index is -1.28. The summed E-state index contributed by atoms with van der Waals surface area (Å²) in [5.41, 5.74) is 6.42. The summed E-state index contributed by atoms with van der Waals surface area (Å²) in [6.45, 7) is 0.737. The van der Waals surface area contributed by atoms with E-state index in [1.807, 2.05) is 0 Å². The van der Waals surface area contributed by atoms with E-state index in [1.54, 1.807) is 28.0 Å². The summed E-state index contributed by atoms with van der Waals surface area (Å²) in [5, 5.41) is 3.49. The number of likely N-dealkylation sites (tertiary alicyclic amines) is 2. The SMILES string of the molecule is N[C@@H](CC(=O)N1C[C@H]2C[C@@H]1CN2C(=O)Nc1ccc(Cl)c(Cl)c1)Cc1cc(F)c(F)cc1F. The van der Waals surface area contributed by atoms with Gasteiger partial charge in [-0.05, 0) is 42.7 Å². The molecule has 176 valence electrons. The first-order valence-corrected chi connectivity index (χ1v) is 11.1. The van der Waals surface area contributed by atoms with Crippen LogP contribution in [0.4, 0.5) is 23.7 Å². The Labute approximate surface area is 198 Å². The fraction of sp³-hybridized carbons (Fsp3) is 0.364. The number of benzene rings is 2. The number of anilines is 1. The van der Waals surface area contributed by atoms with Gasteiger partial charge < -0.3 is 20.9 Å². The number of rotatable bonds is 5. The van der Waals surface area contributed by atoms with Crippen molar-refractivity contribution in [3.05, 3.63) is 63.4 Å². The van der Waals surface area contributed by atoms with Gasteiger partial charge in [0.05, 0.1) is 22.1 Å². The number of hydrogen-bond donors (Lipinski definition) is 2. The minimum Gasteiger partial charge on any atom is -0.336 e. The molecule has 2 aromatic carbocycles. The van der Waals surface area contributed by atoms with Gasteiger partial charge in [0.15, 0.2) is 11.6 Å². The molecule has 2 aliphatic heterocycles. The van der Waals surface area contributed by atoms with E-state index in [-0.39, 0.29) is 42.4 Å². The van der Waals surface area contributed by atoms with Gasteiger partial charge in [-0.2, -0.15) is 0 Å². The molecule has 2 aromatic rings. The van der Waals surface area contributed by atoms with Crippen molar-refractivity contribution in [1.82, 2.24) is 9.80 Å². The van der Waals surface area contributed by atoms with Crippen molar-refractivity contribution in [2.45, 2.75) is 37.4 Å². The number of nitrogens with two attached hydrogens (primary N) is 1. The zero-order valence-corrected chi connectivity index (χ0v) is 18.8. The highest BCUT2D eigenvalue weighted by atomic mass is 35.5. The summed E-state index contributed by atoms with van der Waals surface area (Å²) >= 11 is 11.9. The smallest absolute Gasteiger partial charge is 0.322 e. The number of nitrogens with zero attached hydrogens (tertiary/aromatic N) is 2. The number of carbonyl (C=O) groups is 2. The Morgan fingerprint density at radius 3 is 2.33 bits per heavy atom. The number of urea groups is 1. The van der Waals surface area contributed by atoms with E-state index >= 15 is 0 Å². The van der Waals surface area contributed by atoms with Gasteiger partial charge in [0, 0.05) is 37.3 Å². The fourth-order valence-electron chi connectivity index (χ4n) is 4.41. The molecular weight excluding hydrogens is 480 g/mol. The van der Waals surface area contributed by atoms with Crippen LogP contribution in [-0.4, -0.2) is 53.0 Å². The van der Waals surface area contributed by atoms with Crippen molar-refractivity contribution >= 4 is 40.8 Å². The number of halogens is 5. The first kappa shape index (κ1) is 23.7. The first-order chi connectivity index (χ1) is 15.6. The van der Waals surface area contributed by atoms with Gasteiger partial charge in [-0.3, -0.25) is 4.79 Å². The van der Waals surface area contributed by atoms with Crippen LogP contribution in [-0.2, 0) is 11.2 Å². The van der Waals surface area contributed by atoms with Crippen LogP contribution in [0.15, 0.2) is 30.3 Å². The zero-order chi connectivity index (χ0) is 23.9. The number of amides is 3. The Morgan fingerprint density at radius 1 is 1.00 bits per heavy atom. The molecule has 11 heteroatoms. The normalized spacial score (nSPS) is 20.3. The molecule has 4 rings (SSSR count). The molecule has 0 saturated carbocycles. The number of piperazine rings is 1. The molecule has 2 aliphatic rings. The third-order valence-corrected chi connectivity index (χ3v) is 6.74. The van der Waals surface area contributed by atoms with E-state index in [1.165, 1.54) is 0 Å². The van der Waals surface area contributed by atoms with Crippen LogP contribution >= 0.6 is 23.2 Å². The molecule has 2 fully saturated rings. The lowest BCUT2D eigenvalue weighted by atomic mass is 10.0. The van der Waals surface area contributed by atoms with Gasteiger partial charge in [-0.25, -0.2) is 18.0 Å². The van der Waals surface area contributed by atoms with Crippen molar-refractivity contribution in [2.75, 3.05) is 18.4 Å². The highest BCUT2D eigenvalue weighted by Gasteiger charge is 2.47.